The molecule has 0 aliphatic carbocycles. The molecular weight excluding hydrogens is 172 g/mol. The largest absolute Gasteiger partial charge is 0.324 e. The fraction of sp³-hybridized carbons (Fsp3) is 0.222. The Bertz CT molecular complexity index is 256. The minimum atomic E-state index is -0.0210. The summed E-state index contributed by atoms with van der Waals surface area (Å²) in [5.74, 6) is 0. The van der Waals surface area contributed by atoms with Gasteiger partial charge in [0.05, 0.1) is 0 Å². The zero-order chi connectivity index (χ0) is 8.97. The molecule has 0 bridgehead atoms. The Morgan fingerprint density at radius 3 is 2.92 bits per heavy atom. The Balaban J connectivity index is 2.74. The lowest BCUT2D eigenvalue weighted by Crippen LogP contribution is -2.08. The Morgan fingerprint density at radius 2 is 2.42 bits per heavy atom. The normalized spacial score (nSPS) is 12.5. The number of nitrogens with zero attached hydrogens (tertiary/aromatic N) is 1. The smallest absolute Gasteiger partial charge is 0.129 e. The van der Waals surface area contributed by atoms with E-state index in [9.17, 15) is 0 Å². The number of nitrogens with two attached hydrogens (primary N) is 1. The van der Waals surface area contributed by atoms with Crippen molar-refractivity contribution in [1.82, 2.24) is 4.98 Å². The number of pyridine rings is 1. The van der Waals surface area contributed by atoms with Crippen LogP contribution in [0.4, 0.5) is 0 Å². The van der Waals surface area contributed by atoms with Gasteiger partial charge in [0.15, 0.2) is 0 Å². The van der Waals surface area contributed by atoms with Gasteiger partial charge in [0, 0.05) is 12.2 Å². The Labute approximate surface area is 77.1 Å². The molecule has 0 aliphatic rings. The van der Waals surface area contributed by atoms with Crippen LogP contribution < -0.4 is 5.73 Å². The van der Waals surface area contributed by atoms with Gasteiger partial charge in [-0.2, -0.15) is 0 Å². The van der Waals surface area contributed by atoms with Crippen LogP contribution in [0.15, 0.2) is 31.0 Å². The molecule has 12 heavy (non-hydrogen) atoms. The van der Waals surface area contributed by atoms with E-state index in [4.69, 9.17) is 17.3 Å². The first-order valence-corrected chi connectivity index (χ1v) is 4.09. The molecule has 1 aromatic heterocycles. The minimum Gasteiger partial charge on any atom is -0.324 e. The van der Waals surface area contributed by atoms with Crippen molar-refractivity contribution < 1.29 is 0 Å². The van der Waals surface area contributed by atoms with Gasteiger partial charge < -0.3 is 5.73 Å². The lowest BCUT2D eigenvalue weighted by molar-refractivity contribution is 0.737. The van der Waals surface area contributed by atoms with Crippen LogP contribution in [-0.2, 0) is 0 Å². The molecule has 1 aromatic rings. The van der Waals surface area contributed by atoms with Crippen molar-refractivity contribution in [1.29, 1.82) is 0 Å². The Kier molecular flexibility index (Phi) is 3.26. The first kappa shape index (κ1) is 9.23. The van der Waals surface area contributed by atoms with Gasteiger partial charge in [-0.3, -0.25) is 0 Å². The molecule has 0 aromatic carbocycles. The number of hydrogen-bond donors (Lipinski definition) is 1. The van der Waals surface area contributed by atoms with Crippen molar-refractivity contribution in [2.75, 3.05) is 0 Å². The van der Waals surface area contributed by atoms with E-state index in [1.54, 1.807) is 18.3 Å². The van der Waals surface area contributed by atoms with Crippen LogP contribution in [0.3, 0.4) is 0 Å². The molecule has 0 fully saturated rings. The SMILES string of the molecule is C=CCC(N)c1ccc(Cl)nc1. The minimum absolute atomic E-state index is 0.0210. The molecule has 1 rings (SSSR count). The molecule has 2 N–H and O–H groups in total. The Hall–Kier alpha value is -0.860. The van der Waals surface area contributed by atoms with Gasteiger partial charge >= 0.3 is 0 Å². The lowest BCUT2D eigenvalue weighted by atomic mass is 10.1. The number of aromatic nitrogens is 1. The zero-order valence-corrected chi connectivity index (χ0v) is 7.46. The summed E-state index contributed by atoms with van der Waals surface area (Å²) in [4.78, 5) is 3.93. The van der Waals surface area contributed by atoms with E-state index in [0.717, 1.165) is 12.0 Å². The molecule has 0 radical (unpaired) electrons. The average molecular weight is 183 g/mol. The fourth-order valence-corrected chi connectivity index (χ4v) is 1.03. The highest BCUT2D eigenvalue weighted by Gasteiger charge is 2.02. The number of hydrogen-bond acceptors (Lipinski definition) is 2. The van der Waals surface area contributed by atoms with E-state index in [2.05, 4.69) is 11.6 Å². The van der Waals surface area contributed by atoms with Crippen LogP contribution in [-0.4, -0.2) is 4.98 Å². The first-order valence-electron chi connectivity index (χ1n) is 3.72. The molecule has 0 saturated heterocycles. The van der Waals surface area contributed by atoms with E-state index in [0.29, 0.717) is 5.15 Å². The van der Waals surface area contributed by atoms with Gasteiger partial charge in [0.25, 0.3) is 0 Å². The molecule has 1 atom stereocenters. The third-order valence-corrected chi connectivity index (χ3v) is 1.82. The lowest BCUT2D eigenvalue weighted by Gasteiger charge is -2.07. The van der Waals surface area contributed by atoms with Crippen LogP contribution in [0.5, 0.6) is 0 Å². The predicted molar refractivity (Wildman–Crippen MR) is 51.0 cm³/mol. The first-order chi connectivity index (χ1) is 5.74. The van der Waals surface area contributed by atoms with Crippen molar-refractivity contribution in [3.63, 3.8) is 0 Å². The summed E-state index contributed by atoms with van der Waals surface area (Å²) in [7, 11) is 0. The van der Waals surface area contributed by atoms with Gasteiger partial charge in [-0.05, 0) is 18.1 Å². The average Bonchev–Trinajstić information content (AvgIpc) is 2.06. The standard InChI is InChI=1S/C9H11ClN2/c1-2-3-8(11)7-4-5-9(10)12-6-7/h2,4-6,8H,1,3,11H2. The van der Waals surface area contributed by atoms with Crippen molar-refractivity contribution in [3.05, 3.63) is 41.7 Å². The van der Waals surface area contributed by atoms with E-state index >= 15 is 0 Å². The van der Waals surface area contributed by atoms with Gasteiger partial charge in [0.1, 0.15) is 5.15 Å². The molecule has 0 saturated carbocycles. The van der Waals surface area contributed by atoms with E-state index in [-0.39, 0.29) is 6.04 Å². The molecule has 2 nitrogen and oxygen atoms in total. The Morgan fingerprint density at radius 1 is 1.67 bits per heavy atom. The predicted octanol–water partition coefficient (Wildman–Crippen LogP) is 2.31. The maximum absolute atomic E-state index is 5.80. The highest BCUT2D eigenvalue weighted by Crippen LogP contribution is 2.14. The highest BCUT2D eigenvalue weighted by molar-refractivity contribution is 6.29. The molecule has 64 valence electrons. The third-order valence-electron chi connectivity index (χ3n) is 1.60. The summed E-state index contributed by atoms with van der Waals surface area (Å²) in [5, 5.41) is 0.490. The quantitative estimate of drug-likeness (QED) is 0.576. The molecular formula is C9H11ClN2. The molecule has 0 aliphatic heterocycles. The van der Waals surface area contributed by atoms with Crippen LogP contribution in [0.1, 0.15) is 18.0 Å². The van der Waals surface area contributed by atoms with Crippen LogP contribution >= 0.6 is 11.6 Å². The van der Waals surface area contributed by atoms with Crippen LogP contribution in [0.2, 0.25) is 5.15 Å². The van der Waals surface area contributed by atoms with Gasteiger partial charge in [-0.15, -0.1) is 6.58 Å². The molecule has 1 heterocycles. The molecule has 3 heteroatoms. The maximum Gasteiger partial charge on any atom is 0.129 e. The summed E-state index contributed by atoms with van der Waals surface area (Å²) < 4.78 is 0. The summed E-state index contributed by atoms with van der Waals surface area (Å²) in [5.41, 5.74) is 6.79. The summed E-state index contributed by atoms with van der Waals surface area (Å²) in [6.45, 7) is 3.62. The number of halogens is 1. The van der Waals surface area contributed by atoms with E-state index in [1.807, 2.05) is 6.07 Å². The van der Waals surface area contributed by atoms with E-state index in [1.165, 1.54) is 0 Å². The van der Waals surface area contributed by atoms with Crippen molar-refractivity contribution >= 4 is 11.6 Å². The summed E-state index contributed by atoms with van der Waals surface area (Å²) in [6, 6.07) is 3.59. The van der Waals surface area contributed by atoms with Crippen molar-refractivity contribution in [2.24, 2.45) is 5.73 Å². The molecule has 0 spiro atoms. The summed E-state index contributed by atoms with van der Waals surface area (Å²) in [6.07, 6.45) is 4.24. The monoisotopic (exact) mass is 182 g/mol. The number of rotatable bonds is 3. The maximum atomic E-state index is 5.80. The van der Waals surface area contributed by atoms with Gasteiger partial charge in [-0.25, -0.2) is 4.98 Å². The molecule has 1 unspecified atom stereocenters. The van der Waals surface area contributed by atoms with E-state index < -0.39 is 0 Å². The second-order valence-corrected chi connectivity index (χ2v) is 2.93. The third kappa shape index (κ3) is 2.32. The van der Waals surface area contributed by atoms with Gasteiger partial charge in [-0.1, -0.05) is 23.7 Å². The summed E-state index contributed by atoms with van der Waals surface area (Å²) >= 11 is 5.62. The topological polar surface area (TPSA) is 38.9 Å². The van der Waals surface area contributed by atoms with Crippen molar-refractivity contribution in [3.8, 4) is 0 Å². The van der Waals surface area contributed by atoms with Crippen LogP contribution in [0.25, 0.3) is 0 Å². The zero-order valence-electron chi connectivity index (χ0n) is 6.70. The fourth-order valence-electron chi connectivity index (χ4n) is 0.922. The highest BCUT2D eigenvalue weighted by atomic mass is 35.5. The molecule has 0 amide bonds. The second kappa shape index (κ2) is 4.24. The van der Waals surface area contributed by atoms with Crippen LogP contribution in [0, 0.1) is 0 Å². The van der Waals surface area contributed by atoms with Gasteiger partial charge in [0.2, 0.25) is 0 Å². The van der Waals surface area contributed by atoms with Crippen molar-refractivity contribution in [2.45, 2.75) is 12.5 Å². The second-order valence-electron chi connectivity index (χ2n) is 2.55.